The monoisotopic (exact) mass is 157 g/mol. The molecule has 2 rings (SSSR count). The third-order valence-corrected chi connectivity index (χ3v) is 2.45. The zero-order chi connectivity index (χ0) is 7.95. The molecule has 1 N–H and O–H groups in total. The SMILES string of the molecule is CC1(C)OCC2(CNC2)CO1. The summed E-state index contributed by atoms with van der Waals surface area (Å²) < 4.78 is 11.1. The molecule has 2 fully saturated rings. The van der Waals surface area contributed by atoms with Gasteiger partial charge in [-0.25, -0.2) is 0 Å². The highest BCUT2D eigenvalue weighted by Crippen LogP contribution is 2.32. The normalized spacial score (nSPS) is 33.3. The third-order valence-electron chi connectivity index (χ3n) is 2.45. The molecule has 64 valence electrons. The minimum Gasteiger partial charge on any atom is -0.350 e. The first kappa shape index (κ1) is 7.53. The standard InChI is InChI=1S/C8H15NO2/c1-7(2)10-5-8(6-11-7)3-9-4-8/h9H,3-6H2,1-2H3. The maximum atomic E-state index is 5.56. The van der Waals surface area contributed by atoms with E-state index in [0.29, 0.717) is 5.41 Å². The second kappa shape index (κ2) is 2.19. The second-order valence-electron chi connectivity index (χ2n) is 4.08. The lowest BCUT2D eigenvalue weighted by Gasteiger charge is -2.48. The molecular formula is C8H15NO2. The zero-order valence-electron chi connectivity index (χ0n) is 7.14. The van der Waals surface area contributed by atoms with Crippen molar-refractivity contribution in [3.05, 3.63) is 0 Å². The molecule has 3 nitrogen and oxygen atoms in total. The Labute approximate surface area is 67.1 Å². The van der Waals surface area contributed by atoms with E-state index in [0.717, 1.165) is 26.3 Å². The molecule has 2 aliphatic rings. The van der Waals surface area contributed by atoms with Crippen molar-refractivity contribution in [1.82, 2.24) is 5.32 Å². The minimum atomic E-state index is -0.360. The van der Waals surface area contributed by atoms with Crippen LogP contribution in [0.1, 0.15) is 13.8 Å². The number of rotatable bonds is 0. The van der Waals surface area contributed by atoms with Gasteiger partial charge in [-0.05, 0) is 13.8 Å². The van der Waals surface area contributed by atoms with E-state index in [1.54, 1.807) is 0 Å². The van der Waals surface area contributed by atoms with Crippen molar-refractivity contribution in [2.45, 2.75) is 19.6 Å². The average molecular weight is 157 g/mol. The van der Waals surface area contributed by atoms with Crippen LogP contribution in [0.15, 0.2) is 0 Å². The van der Waals surface area contributed by atoms with Crippen molar-refractivity contribution in [3.8, 4) is 0 Å². The molecule has 0 aromatic carbocycles. The van der Waals surface area contributed by atoms with E-state index < -0.39 is 0 Å². The minimum absolute atomic E-state index is 0.301. The Hall–Kier alpha value is -0.120. The van der Waals surface area contributed by atoms with Crippen LogP contribution in [0, 0.1) is 5.41 Å². The molecular weight excluding hydrogens is 142 g/mol. The summed E-state index contributed by atoms with van der Waals surface area (Å²) in [5, 5.41) is 3.24. The maximum Gasteiger partial charge on any atom is 0.162 e. The summed E-state index contributed by atoms with van der Waals surface area (Å²) in [5.41, 5.74) is 0.301. The van der Waals surface area contributed by atoms with Gasteiger partial charge in [0.05, 0.1) is 13.2 Å². The van der Waals surface area contributed by atoms with Gasteiger partial charge in [-0.15, -0.1) is 0 Å². The second-order valence-corrected chi connectivity index (χ2v) is 4.08. The highest BCUT2D eigenvalue weighted by atomic mass is 16.7. The van der Waals surface area contributed by atoms with Crippen LogP contribution in [0.3, 0.4) is 0 Å². The van der Waals surface area contributed by atoms with Gasteiger partial charge in [0.1, 0.15) is 0 Å². The molecule has 0 atom stereocenters. The van der Waals surface area contributed by atoms with E-state index in [-0.39, 0.29) is 5.79 Å². The van der Waals surface area contributed by atoms with Gasteiger partial charge in [-0.3, -0.25) is 0 Å². The molecule has 2 saturated heterocycles. The fraction of sp³-hybridized carbons (Fsp3) is 1.00. The summed E-state index contributed by atoms with van der Waals surface area (Å²) >= 11 is 0. The Bertz CT molecular complexity index is 151. The molecule has 3 heteroatoms. The predicted octanol–water partition coefficient (Wildman–Crippen LogP) is 0.359. The first-order valence-electron chi connectivity index (χ1n) is 4.11. The molecule has 0 saturated carbocycles. The van der Waals surface area contributed by atoms with E-state index >= 15 is 0 Å². The maximum absolute atomic E-state index is 5.56. The Morgan fingerprint density at radius 1 is 1.09 bits per heavy atom. The van der Waals surface area contributed by atoms with Crippen LogP contribution in [-0.4, -0.2) is 32.1 Å². The predicted molar refractivity (Wildman–Crippen MR) is 41.3 cm³/mol. The van der Waals surface area contributed by atoms with Crippen LogP contribution in [-0.2, 0) is 9.47 Å². The lowest BCUT2D eigenvalue weighted by Crippen LogP contribution is -2.63. The quantitative estimate of drug-likeness (QED) is 0.550. The number of hydrogen-bond donors (Lipinski definition) is 1. The third kappa shape index (κ3) is 1.28. The van der Waals surface area contributed by atoms with Gasteiger partial charge < -0.3 is 14.8 Å². The fourth-order valence-corrected chi connectivity index (χ4v) is 1.42. The van der Waals surface area contributed by atoms with Crippen molar-refractivity contribution < 1.29 is 9.47 Å². The first-order valence-corrected chi connectivity index (χ1v) is 4.11. The van der Waals surface area contributed by atoms with Crippen molar-refractivity contribution in [1.29, 1.82) is 0 Å². The molecule has 0 aliphatic carbocycles. The Kier molecular flexibility index (Phi) is 1.50. The van der Waals surface area contributed by atoms with Crippen molar-refractivity contribution >= 4 is 0 Å². The van der Waals surface area contributed by atoms with Crippen molar-refractivity contribution in [2.75, 3.05) is 26.3 Å². The van der Waals surface area contributed by atoms with E-state index in [1.165, 1.54) is 0 Å². The van der Waals surface area contributed by atoms with Gasteiger partial charge in [0.2, 0.25) is 0 Å². The van der Waals surface area contributed by atoms with Gasteiger partial charge >= 0.3 is 0 Å². The summed E-state index contributed by atoms with van der Waals surface area (Å²) in [5.74, 6) is -0.360. The molecule has 0 aromatic heterocycles. The lowest BCUT2D eigenvalue weighted by molar-refractivity contribution is -0.292. The summed E-state index contributed by atoms with van der Waals surface area (Å²) in [7, 11) is 0. The summed E-state index contributed by atoms with van der Waals surface area (Å²) in [6.07, 6.45) is 0. The summed E-state index contributed by atoms with van der Waals surface area (Å²) in [4.78, 5) is 0. The molecule has 0 radical (unpaired) electrons. The van der Waals surface area contributed by atoms with Gasteiger partial charge in [0.15, 0.2) is 5.79 Å². The highest BCUT2D eigenvalue weighted by molar-refractivity contribution is 4.94. The molecule has 2 aliphatic heterocycles. The van der Waals surface area contributed by atoms with Crippen molar-refractivity contribution in [2.24, 2.45) is 5.41 Å². The van der Waals surface area contributed by atoms with Crippen LogP contribution >= 0.6 is 0 Å². The Morgan fingerprint density at radius 3 is 2.00 bits per heavy atom. The van der Waals surface area contributed by atoms with Crippen LogP contribution in [0.5, 0.6) is 0 Å². The molecule has 0 bridgehead atoms. The van der Waals surface area contributed by atoms with Crippen LogP contribution < -0.4 is 5.32 Å². The smallest absolute Gasteiger partial charge is 0.162 e. The summed E-state index contributed by atoms with van der Waals surface area (Å²) in [6.45, 7) is 7.70. The first-order chi connectivity index (χ1) is 5.12. The largest absolute Gasteiger partial charge is 0.350 e. The van der Waals surface area contributed by atoms with Gasteiger partial charge in [0.25, 0.3) is 0 Å². The number of nitrogens with one attached hydrogen (secondary N) is 1. The molecule has 1 spiro atoms. The van der Waals surface area contributed by atoms with Gasteiger partial charge in [0, 0.05) is 18.5 Å². The van der Waals surface area contributed by atoms with E-state index in [9.17, 15) is 0 Å². The highest BCUT2D eigenvalue weighted by Gasteiger charge is 2.44. The molecule has 0 amide bonds. The number of hydrogen-bond acceptors (Lipinski definition) is 3. The topological polar surface area (TPSA) is 30.5 Å². The molecule has 11 heavy (non-hydrogen) atoms. The fourth-order valence-electron chi connectivity index (χ4n) is 1.42. The Balaban J connectivity index is 1.94. The molecule has 0 aromatic rings. The van der Waals surface area contributed by atoms with Crippen LogP contribution in [0.2, 0.25) is 0 Å². The molecule has 0 unspecified atom stereocenters. The van der Waals surface area contributed by atoms with E-state index in [4.69, 9.17) is 9.47 Å². The van der Waals surface area contributed by atoms with Gasteiger partial charge in [-0.2, -0.15) is 0 Å². The average Bonchev–Trinajstić information content (AvgIpc) is 1.84. The van der Waals surface area contributed by atoms with Crippen LogP contribution in [0.4, 0.5) is 0 Å². The van der Waals surface area contributed by atoms with E-state index in [2.05, 4.69) is 5.32 Å². The van der Waals surface area contributed by atoms with E-state index in [1.807, 2.05) is 13.8 Å². The van der Waals surface area contributed by atoms with Gasteiger partial charge in [-0.1, -0.05) is 0 Å². The Morgan fingerprint density at radius 2 is 1.64 bits per heavy atom. The molecule has 2 heterocycles. The van der Waals surface area contributed by atoms with Crippen LogP contribution in [0.25, 0.3) is 0 Å². The number of ether oxygens (including phenoxy) is 2. The zero-order valence-corrected chi connectivity index (χ0v) is 7.14. The summed E-state index contributed by atoms with van der Waals surface area (Å²) in [6, 6.07) is 0. The lowest BCUT2D eigenvalue weighted by atomic mass is 9.83. The van der Waals surface area contributed by atoms with Crippen molar-refractivity contribution in [3.63, 3.8) is 0 Å².